The minimum absolute atomic E-state index is 0.0473. The highest BCUT2D eigenvalue weighted by Gasteiger charge is 2.28. The topological polar surface area (TPSA) is 91.7 Å². The van der Waals surface area contributed by atoms with Crippen molar-refractivity contribution >= 4 is 29.2 Å². The fraction of sp³-hybridized carbons (Fsp3) is 0.469. The molecule has 9 heteroatoms. The van der Waals surface area contributed by atoms with Gasteiger partial charge in [0.2, 0.25) is 0 Å². The van der Waals surface area contributed by atoms with Gasteiger partial charge in [-0.05, 0) is 67.5 Å². The molecule has 0 atom stereocenters. The number of fused-ring (bicyclic) bond motifs is 2. The molecule has 0 spiro atoms. The van der Waals surface area contributed by atoms with Gasteiger partial charge in [0.05, 0.1) is 24.1 Å². The molecule has 2 amide bonds. The fourth-order valence-electron chi connectivity index (χ4n) is 5.47. The van der Waals surface area contributed by atoms with Crippen LogP contribution in [0.15, 0.2) is 48.7 Å². The summed E-state index contributed by atoms with van der Waals surface area (Å²) in [6.07, 6.45) is 4.25. The normalized spacial score (nSPS) is 15.9. The van der Waals surface area contributed by atoms with E-state index in [0.29, 0.717) is 24.1 Å². The molecule has 0 aliphatic carbocycles. The summed E-state index contributed by atoms with van der Waals surface area (Å²) in [4.78, 5) is 30.6. The maximum Gasteiger partial charge on any atom is 0.407 e. The average Bonchev–Trinajstić information content (AvgIpc) is 3.18. The number of aryl methyl sites for hydroxylation is 2. The first-order valence-corrected chi connectivity index (χ1v) is 14.5. The lowest BCUT2D eigenvalue weighted by Crippen LogP contribution is -2.40. The fourth-order valence-corrected chi connectivity index (χ4v) is 5.47. The van der Waals surface area contributed by atoms with Crippen LogP contribution >= 0.6 is 0 Å². The molecule has 2 N–H and O–H groups in total. The van der Waals surface area contributed by atoms with Crippen LogP contribution < -0.4 is 15.5 Å². The summed E-state index contributed by atoms with van der Waals surface area (Å²) in [5.41, 5.74) is 5.35. The van der Waals surface area contributed by atoms with E-state index in [-0.39, 0.29) is 12.0 Å². The van der Waals surface area contributed by atoms with E-state index in [0.717, 1.165) is 72.8 Å². The summed E-state index contributed by atoms with van der Waals surface area (Å²) >= 11 is 0. The van der Waals surface area contributed by atoms with Crippen LogP contribution in [0.4, 0.5) is 22.0 Å². The van der Waals surface area contributed by atoms with Gasteiger partial charge in [-0.1, -0.05) is 45.0 Å². The molecule has 5 rings (SSSR count). The molecule has 218 valence electrons. The third-order valence-corrected chi connectivity index (χ3v) is 7.98. The van der Waals surface area contributed by atoms with Gasteiger partial charge in [-0.2, -0.15) is 5.10 Å². The Morgan fingerprint density at radius 2 is 1.88 bits per heavy atom. The minimum atomic E-state index is -0.392. The second kappa shape index (κ2) is 11.9. The van der Waals surface area contributed by atoms with Crippen LogP contribution in [-0.4, -0.2) is 52.4 Å². The number of nitrogens with one attached hydrogen (secondary N) is 2. The van der Waals surface area contributed by atoms with Crippen molar-refractivity contribution in [3.8, 4) is 0 Å². The summed E-state index contributed by atoms with van der Waals surface area (Å²) in [5.74, 6) is 0.796. The van der Waals surface area contributed by atoms with Crippen molar-refractivity contribution in [3.63, 3.8) is 0 Å². The Bertz CT molecular complexity index is 1400. The largest absolute Gasteiger partial charge is 0.446 e. The summed E-state index contributed by atoms with van der Waals surface area (Å²) < 4.78 is 7.49. The van der Waals surface area contributed by atoms with Gasteiger partial charge in [-0.25, -0.2) is 4.79 Å². The van der Waals surface area contributed by atoms with Crippen LogP contribution in [0.2, 0.25) is 0 Å². The van der Waals surface area contributed by atoms with E-state index >= 15 is 0 Å². The zero-order valence-electron chi connectivity index (χ0n) is 24.9. The number of piperidine rings is 1. The molecule has 3 aromatic rings. The highest BCUT2D eigenvalue weighted by atomic mass is 16.6. The molecule has 1 saturated heterocycles. The quantitative estimate of drug-likeness (QED) is 0.400. The number of amides is 2. The van der Waals surface area contributed by atoms with Crippen molar-refractivity contribution < 1.29 is 14.3 Å². The van der Waals surface area contributed by atoms with Crippen molar-refractivity contribution in [2.75, 3.05) is 29.9 Å². The van der Waals surface area contributed by atoms with Crippen LogP contribution in [0.3, 0.4) is 0 Å². The first kappa shape index (κ1) is 28.7. The smallest absolute Gasteiger partial charge is 0.407 e. The predicted octanol–water partition coefficient (Wildman–Crippen LogP) is 5.76. The number of rotatable bonds is 6. The summed E-state index contributed by atoms with van der Waals surface area (Å²) in [6.45, 7) is 12.5. The van der Waals surface area contributed by atoms with E-state index in [1.165, 1.54) is 0 Å². The number of benzene rings is 2. The first-order valence-electron chi connectivity index (χ1n) is 14.5. The number of aromatic nitrogens is 2. The number of para-hydroxylation sites is 2. The minimum Gasteiger partial charge on any atom is -0.446 e. The number of carbonyl (C=O) groups is 2. The van der Waals surface area contributed by atoms with Crippen LogP contribution in [0.1, 0.15) is 67.1 Å². The van der Waals surface area contributed by atoms with Gasteiger partial charge < -0.3 is 25.2 Å². The highest BCUT2D eigenvalue weighted by molar-refractivity contribution is 6.09. The third kappa shape index (κ3) is 6.90. The average molecular weight is 559 g/mol. The molecule has 2 aromatic carbocycles. The van der Waals surface area contributed by atoms with Gasteiger partial charge in [0, 0.05) is 37.8 Å². The molecule has 0 saturated carbocycles. The van der Waals surface area contributed by atoms with Crippen molar-refractivity contribution in [2.24, 2.45) is 12.5 Å². The van der Waals surface area contributed by atoms with Gasteiger partial charge in [-0.15, -0.1) is 0 Å². The molecule has 3 heterocycles. The SMILES string of the molecule is Cc1cc(CNC(=O)OC2CCN(CCC(C)(C)C)CC2)ccc1C(=O)N1Cc2cnn(C)c2Nc2ccccc21. The number of anilines is 3. The molecular formula is C32H42N6O3. The number of alkyl carbamates (subject to hydrolysis) is 1. The Labute approximate surface area is 242 Å². The molecule has 9 nitrogen and oxygen atoms in total. The summed E-state index contributed by atoms with van der Waals surface area (Å²) in [5, 5.41) is 10.7. The van der Waals surface area contributed by atoms with E-state index in [2.05, 4.69) is 41.4 Å². The van der Waals surface area contributed by atoms with Crippen LogP contribution in [-0.2, 0) is 24.9 Å². The number of likely N-dealkylation sites (tertiary alicyclic amines) is 1. The first-order chi connectivity index (χ1) is 19.6. The number of hydrogen-bond donors (Lipinski definition) is 2. The molecule has 1 aromatic heterocycles. The van der Waals surface area contributed by atoms with Gasteiger partial charge in [-0.3, -0.25) is 9.48 Å². The molecule has 0 radical (unpaired) electrons. The maximum absolute atomic E-state index is 13.8. The highest BCUT2D eigenvalue weighted by Crippen LogP contribution is 2.36. The van der Waals surface area contributed by atoms with E-state index in [9.17, 15) is 9.59 Å². The maximum atomic E-state index is 13.8. The van der Waals surface area contributed by atoms with E-state index < -0.39 is 6.09 Å². The number of nitrogens with zero attached hydrogens (tertiary/aromatic N) is 4. The van der Waals surface area contributed by atoms with Crippen LogP contribution in [0.25, 0.3) is 0 Å². The molecule has 2 aliphatic rings. The van der Waals surface area contributed by atoms with Gasteiger partial charge in [0.25, 0.3) is 5.91 Å². The molecule has 41 heavy (non-hydrogen) atoms. The number of ether oxygens (including phenoxy) is 1. The van der Waals surface area contributed by atoms with E-state index in [4.69, 9.17) is 4.74 Å². The lowest BCUT2D eigenvalue weighted by Gasteiger charge is -2.33. The van der Waals surface area contributed by atoms with E-state index in [1.54, 1.807) is 15.8 Å². The van der Waals surface area contributed by atoms with Gasteiger partial charge in [0.1, 0.15) is 11.9 Å². The zero-order chi connectivity index (χ0) is 29.1. The molecule has 2 aliphatic heterocycles. The lowest BCUT2D eigenvalue weighted by atomic mass is 9.91. The Balaban J connectivity index is 1.17. The lowest BCUT2D eigenvalue weighted by molar-refractivity contribution is 0.0479. The van der Waals surface area contributed by atoms with Crippen LogP contribution in [0, 0.1) is 12.3 Å². The Morgan fingerprint density at radius 1 is 1.12 bits per heavy atom. The second-order valence-corrected chi connectivity index (χ2v) is 12.4. The second-order valence-electron chi connectivity index (χ2n) is 12.4. The van der Waals surface area contributed by atoms with E-state index in [1.807, 2.05) is 56.4 Å². The van der Waals surface area contributed by atoms with Crippen molar-refractivity contribution in [1.29, 1.82) is 0 Å². The zero-order valence-corrected chi connectivity index (χ0v) is 24.9. The Kier molecular flexibility index (Phi) is 8.35. The Hall–Kier alpha value is -3.85. The van der Waals surface area contributed by atoms with Crippen molar-refractivity contribution in [1.82, 2.24) is 20.0 Å². The number of hydrogen-bond acceptors (Lipinski definition) is 6. The van der Waals surface area contributed by atoms with Gasteiger partial charge >= 0.3 is 6.09 Å². The third-order valence-electron chi connectivity index (χ3n) is 7.98. The molecular weight excluding hydrogens is 516 g/mol. The Morgan fingerprint density at radius 3 is 2.61 bits per heavy atom. The number of carbonyl (C=O) groups excluding carboxylic acids is 2. The standard InChI is InChI=1S/C32H42N6O3/c1-22-18-23(19-33-31(40)41-25-12-15-37(16-13-25)17-14-32(2,3)4)10-11-26(22)30(39)38-21-24-20-34-36(5)29(24)35-27-8-6-7-9-28(27)38/h6-11,18,20,25,35H,12-17,19,21H2,1-5H3,(H,33,40). The van der Waals surface area contributed by atoms with Gasteiger partial charge in [0.15, 0.2) is 0 Å². The van der Waals surface area contributed by atoms with Crippen molar-refractivity contribution in [3.05, 3.63) is 70.9 Å². The summed E-state index contributed by atoms with van der Waals surface area (Å²) in [7, 11) is 1.89. The van der Waals surface area contributed by atoms with Crippen LogP contribution in [0.5, 0.6) is 0 Å². The summed E-state index contributed by atoms with van der Waals surface area (Å²) in [6, 6.07) is 13.5. The molecule has 0 unspecified atom stereocenters. The predicted molar refractivity (Wildman–Crippen MR) is 161 cm³/mol. The monoisotopic (exact) mass is 558 g/mol. The molecule has 0 bridgehead atoms. The van der Waals surface area contributed by atoms with Crippen molar-refractivity contribution in [2.45, 2.75) is 66.2 Å². The molecule has 1 fully saturated rings.